The normalized spacial score (nSPS) is 17.5. The number of likely N-dealkylation sites (tertiary alicyclic amines) is 1. The van der Waals surface area contributed by atoms with E-state index in [1.807, 2.05) is 36.4 Å². The van der Waals surface area contributed by atoms with Crippen LogP contribution in [0.3, 0.4) is 0 Å². The maximum absolute atomic E-state index is 13.3. The highest BCUT2D eigenvalue weighted by atomic mass is 16.4. The average Bonchev–Trinajstić information content (AvgIpc) is 2.81. The molecule has 1 saturated heterocycles. The van der Waals surface area contributed by atoms with Gasteiger partial charge in [0.15, 0.2) is 5.78 Å². The number of carbonyl (C=O) groups excluding carboxylic acids is 2. The zero-order chi connectivity index (χ0) is 21.8. The molecule has 1 amide bonds. The van der Waals surface area contributed by atoms with Gasteiger partial charge in [0.05, 0.1) is 17.2 Å². The lowest BCUT2D eigenvalue weighted by molar-refractivity contribution is -0.118. The fourth-order valence-electron chi connectivity index (χ4n) is 3.70. The van der Waals surface area contributed by atoms with Crippen molar-refractivity contribution in [1.29, 1.82) is 0 Å². The Morgan fingerprint density at radius 1 is 0.968 bits per heavy atom. The summed E-state index contributed by atoms with van der Waals surface area (Å²) in [4.78, 5) is 43.7. The molecule has 1 aliphatic heterocycles. The molecule has 0 saturated carbocycles. The van der Waals surface area contributed by atoms with E-state index in [0.717, 1.165) is 5.56 Å². The van der Waals surface area contributed by atoms with Crippen LogP contribution in [0.1, 0.15) is 37.9 Å². The largest absolute Gasteiger partial charge is 0.478 e. The van der Waals surface area contributed by atoms with E-state index in [9.17, 15) is 19.5 Å². The summed E-state index contributed by atoms with van der Waals surface area (Å²) in [7, 11) is 0. The van der Waals surface area contributed by atoms with Crippen molar-refractivity contribution in [3.05, 3.63) is 107 Å². The minimum atomic E-state index is -1.10. The quantitative estimate of drug-likeness (QED) is 0.661. The van der Waals surface area contributed by atoms with Gasteiger partial charge in [-0.2, -0.15) is 0 Å². The number of benzene rings is 2. The summed E-state index contributed by atoms with van der Waals surface area (Å²) in [6.45, 7) is 0.355. The summed E-state index contributed by atoms with van der Waals surface area (Å²) in [6.07, 6.45) is 3.36. The molecule has 2 heterocycles. The van der Waals surface area contributed by atoms with E-state index in [-0.39, 0.29) is 35.9 Å². The predicted octanol–water partition coefficient (Wildman–Crippen LogP) is 3.67. The molecule has 0 aliphatic carbocycles. The van der Waals surface area contributed by atoms with E-state index >= 15 is 0 Å². The molecule has 1 unspecified atom stereocenters. The Morgan fingerprint density at radius 2 is 1.71 bits per heavy atom. The maximum Gasteiger partial charge on any atom is 0.335 e. The summed E-state index contributed by atoms with van der Waals surface area (Å²) in [5, 5.41) is 9.25. The fraction of sp³-hybridized carbons (Fsp3) is 0.120. The molecule has 2 aromatic carbocycles. The number of carboxylic acid groups (broad SMARTS) is 1. The number of aromatic nitrogens is 1. The third-order valence-corrected chi connectivity index (χ3v) is 5.25. The summed E-state index contributed by atoms with van der Waals surface area (Å²) >= 11 is 0. The topological polar surface area (TPSA) is 87.6 Å². The van der Waals surface area contributed by atoms with Crippen LogP contribution in [0.4, 0.5) is 0 Å². The molecule has 0 bridgehead atoms. The van der Waals surface area contributed by atoms with Crippen LogP contribution in [-0.4, -0.2) is 45.7 Å². The molecule has 4 rings (SSSR count). The van der Waals surface area contributed by atoms with Gasteiger partial charge in [-0.05, 0) is 42.0 Å². The molecule has 1 fully saturated rings. The summed E-state index contributed by atoms with van der Waals surface area (Å²) in [5.74, 6) is -1.96. The highest BCUT2D eigenvalue weighted by Gasteiger charge is 2.34. The molecule has 3 aromatic rings. The van der Waals surface area contributed by atoms with Crippen molar-refractivity contribution in [2.24, 2.45) is 0 Å². The third-order valence-electron chi connectivity index (χ3n) is 5.25. The van der Waals surface area contributed by atoms with Crippen molar-refractivity contribution in [3.63, 3.8) is 0 Å². The molecule has 31 heavy (non-hydrogen) atoms. The lowest BCUT2D eigenvalue weighted by Gasteiger charge is -2.34. The van der Waals surface area contributed by atoms with E-state index in [1.54, 1.807) is 41.4 Å². The number of nitrogens with zero attached hydrogens (tertiary/aromatic N) is 2. The first-order valence-electron chi connectivity index (χ1n) is 9.86. The molecule has 1 aliphatic rings. The Hall–Kier alpha value is -4.06. The minimum Gasteiger partial charge on any atom is -0.478 e. The molecule has 0 spiro atoms. The fourth-order valence-corrected chi connectivity index (χ4v) is 3.70. The van der Waals surface area contributed by atoms with Gasteiger partial charge in [0.25, 0.3) is 5.91 Å². The molecular formula is C25H20N2O4. The van der Waals surface area contributed by atoms with Crippen LogP contribution in [0.2, 0.25) is 0 Å². The first-order chi connectivity index (χ1) is 15.0. The van der Waals surface area contributed by atoms with E-state index in [1.165, 1.54) is 12.1 Å². The van der Waals surface area contributed by atoms with Crippen LogP contribution in [0.15, 0.2) is 84.6 Å². The number of carbonyl (C=O) groups is 3. The van der Waals surface area contributed by atoms with Crippen molar-refractivity contribution >= 4 is 23.7 Å². The number of aromatic carboxylic acids is 1. The van der Waals surface area contributed by atoms with Crippen LogP contribution in [0.5, 0.6) is 0 Å². The van der Waals surface area contributed by atoms with E-state index in [2.05, 4.69) is 4.98 Å². The standard InChI is InChI=1S/C25H20N2O4/c28-23-20(14-21-11-4-5-12-26-21)15-27(16-22(23)17-7-2-1-3-8-17)24(29)18-9-6-10-19(13-18)25(30)31/h1-14,22H,15-16H2,(H,30,31). The zero-order valence-electron chi connectivity index (χ0n) is 16.6. The van der Waals surface area contributed by atoms with E-state index in [4.69, 9.17) is 0 Å². The van der Waals surface area contributed by atoms with Gasteiger partial charge in [-0.3, -0.25) is 14.6 Å². The molecule has 6 heteroatoms. The first-order valence-corrected chi connectivity index (χ1v) is 9.86. The van der Waals surface area contributed by atoms with Crippen LogP contribution in [0.25, 0.3) is 6.08 Å². The van der Waals surface area contributed by atoms with Crippen molar-refractivity contribution in [2.45, 2.75) is 5.92 Å². The average molecular weight is 412 g/mol. The lowest BCUT2D eigenvalue weighted by atomic mass is 9.85. The second-order valence-electron chi connectivity index (χ2n) is 7.32. The smallest absolute Gasteiger partial charge is 0.335 e. The van der Waals surface area contributed by atoms with Crippen LogP contribution in [0, 0.1) is 0 Å². The van der Waals surface area contributed by atoms with E-state index in [0.29, 0.717) is 11.3 Å². The Balaban J connectivity index is 1.71. The minimum absolute atomic E-state index is 0.0415. The number of rotatable bonds is 4. The number of piperidine rings is 1. The van der Waals surface area contributed by atoms with Crippen LogP contribution in [-0.2, 0) is 4.79 Å². The number of pyridine rings is 1. The summed E-state index contributed by atoms with van der Waals surface area (Å²) < 4.78 is 0. The zero-order valence-corrected chi connectivity index (χ0v) is 16.6. The lowest BCUT2D eigenvalue weighted by Crippen LogP contribution is -2.44. The Kier molecular flexibility index (Phi) is 5.71. The molecule has 1 N–H and O–H groups in total. The second kappa shape index (κ2) is 8.75. The van der Waals surface area contributed by atoms with Gasteiger partial charge in [0.2, 0.25) is 0 Å². The highest BCUT2D eigenvalue weighted by molar-refractivity contribution is 6.07. The van der Waals surface area contributed by atoms with E-state index < -0.39 is 11.9 Å². The van der Waals surface area contributed by atoms with Gasteiger partial charge in [0.1, 0.15) is 0 Å². The monoisotopic (exact) mass is 412 g/mol. The van der Waals surface area contributed by atoms with Crippen LogP contribution < -0.4 is 0 Å². The number of carboxylic acids is 1. The van der Waals surface area contributed by atoms with Gasteiger partial charge in [0, 0.05) is 30.4 Å². The van der Waals surface area contributed by atoms with Crippen molar-refractivity contribution < 1.29 is 19.5 Å². The first kappa shape index (κ1) is 20.2. The summed E-state index contributed by atoms with van der Waals surface area (Å²) in [6, 6.07) is 20.7. The number of hydrogen-bond acceptors (Lipinski definition) is 4. The number of amides is 1. The Morgan fingerprint density at radius 3 is 2.42 bits per heavy atom. The van der Waals surface area contributed by atoms with Crippen LogP contribution >= 0.6 is 0 Å². The second-order valence-corrected chi connectivity index (χ2v) is 7.32. The Bertz CT molecular complexity index is 1160. The molecule has 1 aromatic heterocycles. The number of Topliss-reactive ketones (excluding diaryl/α,β-unsaturated/α-hetero) is 1. The van der Waals surface area contributed by atoms with Gasteiger partial charge >= 0.3 is 5.97 Å². The molecule has 6 nitrogen and oxygen atoms in total. The molecule has 0 radical (unpaired) electrons. The Labute approximate surface area is 179 Å². The van der Waals surface area contributed by atoms with Gasteiger partial charge in [-0.15, -0.1) is 0 Å². The molecule has 1 atom stereocenters. The number of ketones is 1. The molecule has 154 valence electrons. The van der Waals surface area contributed by atoms with Gasteiger partial charge in [-0.25, -0.2) is 4.79 Å². The van der Waals surface area contributed by atoms with Crippen molar-refractivity contribution in [3.8, 4) is 0 Å². The maximum atomic E-state index is 13.3. The van der Waals surface area contributed by atoms with Gasteiger partial charge in [-0.1, -0.05) is 42.5 Å². The summed E-state index contributed by atoms with van der Waals surface area (Å²) in [5.41, 5.74) is 2.28. The van der Waals surface area contributed by atoms with Crippen molar-refractivity contribution in [2.75, 3.05) is 13.1 Å². The number of hydrogen-bond donors (Lipinski definition) is 1. The highest BCUT2D eigenvalue weighted by Crippen LogP contribution is 2.29. The molecular weight excluding hydrogens is 392 g/mol. The van der Waals surface area contributed by atoms with Crippen molar-refractivity contribution in [1.82, 2.24) is 9.88 Å². The SMILES string of the molecule is O=C(O)c1cccc(C(=O)N2CC(=Cc3ccccn3)C(=O)C(c3ccccc3)C2)c1. The predicted molar refractivity (Wildman–Crippen MR) is 116 cm³/mol. The third kappa shape index (κ3) is 4.43. The van der Waals surface area contributed by atoms with Gasteiger partial charge < -0.3 is 10.0 Å².